The van der Waals surface area contributed by atoms with Crippen molar-refractivity contribution in [1.29, 1.82) is 0 Å². The minimum atomic E-state index is -0.0868. The first-order chi connectivity index (χ1) is 18.2. The van der Waals surface area contributed by atoms with Crippen LogP contribution in [0.25, 0.3) is 10.9 Å². The molecule has 4 nitrogen and oxygen atoms in total. The Morgan fingerprint density at radius 2 is 1.78 bits per heavy atom. The highest BCUT2D eigenvalue weighted by atomic mass is 16.2. The number of fused-ring (bicyclic) bond motifs is 4. The molecule has 0 spiro atoms. The molecule has 2 aromatic carbocycles. The van der Waals surface area contributed by atoms with Crippen LogP contribution in [0.15, 0.2) is 66.9 Å². The van der Waals surface area contributed by atoms with Gasteiger partial charge in [-0.25, -0.2) is 0 Å². The molecule has 2 bridgehead atoms. The average Bonchev–Trinajstić information content (AvgIpc) is 2.97. The van der Waals surface area contributed by atoms with Crippen molar-refractivity contribution >= 4 is 16.8 Å². The molecule has 3 saturated heterocycles. The fourth-order valence-electron chi connectivity index (χ4n) is 7.77. The molecule has 1 aromatic heterocycles. The number of benzene rings is 2. The van der Waals surface area contributed by atoms with Crippen LogP contribution in [0, 0.1) is 17.8 Å². The number of piperidine rings is 3. The van der Waals surface area contributed by atoms with E-state index in [2.05, 4.69) is 82.8 Å². The van der Waals surface area contributed by atoms with Crippen molar-refractivity contribution in [3.05, 3.63) is 78.0 Å². The van der Waals surface area contributed by atoms with E-state index < -0.39 is 0 Å². The lowest BCUT2D eigenvalue weighted by atomic mass is 9.71. The highest BCUT2D eigenvalue weighted by Crippen LogP contribution is 2.43. The van der Waals surface area contributed by atoms with Crippen molar-refractivity contribution in [2.24, 2.45) is 17.8 Å². The first kappa shape index (κ1) is 24.6. The Balaban J connectivity index is 1.37. The minimum Gasteiger partial charge on any atom is -0.347 e. The Morgan fingerprint density at radius 1 is 1.00 bits per heavy atom. The van der Waals surface area contributed by atoms with Gasteiger partial charge in [0.25, 0.3) is 0 Å². The number of para-hydroxylation sites is 1. The summed E-state index contributed by atoms with van der Waals surface area (Å²) in [5, 5.41) is 4.87. The molecule has 3 aromatic rings. The van der Waals surface area contributed by atoms with Gasteiger partial charge < -0.3 is 5.32 Å². The third-order valence-electron chi connectivity index (χ3n) is 9.72. The molecule has 2 unspecified atom stereocenters. The molecule has 7 rings (SSSR count). The monoisotopic (exact) mass is 495 g/mol. The maximum atomic E-state index is 14.4. The zero-order valence-corrected chi connectivity index (χ0v) is 22.2. The van der Waals surface area contributed by atoms with Gasteiger partial charge in [0.05, 0.1) is 17.5 Å². The second-order valence-electron chi connectivity index (χ2n) is 11.7. The number of hydrogen-bond donors (Lipinski definition) is 1. The first-order valence-electron chi connectivity index (χ1n) is 14.7. The number of aromatic nitrogens is 1. The summed E-state index contributed by atoms with van der Waals surface area (Å²) < 4.78 is 0. The third-order valence-corrected chi connectivity index (χ3v) is 9.72. The Bertz CT molecular complexity index is 1200. The SMILES string of the molecule is CC[C@H]1CN2CC[C@H]1C[C@@H]2[C@H](NC(=O)C(c1ccccc1)C1CCCCC1)c1ccnc2ccccc12. The molecule has 0 radical (unpaired) electrons. The highest BCUT2D eigenvalue weighted by molar-refractivity contribution is 5.87. The second kappa shape index (κ2) is 10.9. The van der Waals surface area contributed by atoms with Crippen LogP contribution in [-0.4, -0.2) is 34.9 Å². The van der Waals surface area contributed by atoms with Gasteiger partial charge in [0.15, 0.2) is 0 Å². The molecule has 1 amide bonds. The van der Waals surface area contributed by atoms with Crippen molar-refractivity contribution in [3.8, 4) is 0 Å². The molecule has 1 saturated carbocycles. The van der Waals surface area contributed by atoms with Crippen LogP contribution in [0.1, 0.15) is 81.4 Å². The van der Waals surface area contributed by atoms with E-state index in [9.17, 15) is 4.79 Å². The topological polar surface area (TPSA) is 45.2 Å². The number of carbonyl (C=O) groups excluding carboxylic acids is 1. The van der Waals surface area contributed by atoms with Crippen LogP contribution >= 0.6 is 0 Å². The number of nitrogens with one attached hydrogen (secondary N) is 1. The fraction of sp³-hybridized carbons (Fsp3) is 0.515. The molecule has 6 atom stereocenters. The van der Waals surface area contributed by atoms with Gasteiger partial charge in [-0.05, 0) is 73.2 Å². The molecule has 4 aliphatic rings. The molecular formula is C33H41N3O. The van der Waals surface area contributed by atoms with Crippen molar-refractivity contribution in [3.63, 3.8) is 0 Å². The number of hydrogen-bond acceptors (Lipinski definition) is 3. The second-order valence-corrected chi connectivity index (χ2v) is 11.7. The molecular weight excluding hydrogens is 454 g/mol. The van der Waals surface area contributed by atoms with Crippen LogP contribution in [0.4, 0.5) is 0 Å². The van der Waals surface area contributed by atoms with Crippen LogP contribution < -0.4 is 5.32 Å². The number of nitrogens with zero attached hydrogens (tertiary/aromatic N) is 2. The van der Waals surface area contributed by atoms with Crippen molar-refractivity contribution in [1.82, 2.24) is 15.2 Å². The zero-order valence-electron chi connectivity index (χ0n) is 22.2. The summed E-state index contributed by atoms with van der Waals surface area (Å²) in [6.45, 7) is 4.64. The van der Waals surface area contributed by atoms with E-state index in [1.807, 2.05) is 6.20 Å². The van der Waals surface area contributed by atoms with E-state index in [0.717, 1.165) is 43.3 Å². The third kappa shape index (κ3) is 4.93. The molecule has 4 fully saturated rings. The normalized spacial score (nSPS) is 27.6. The van der Waals surface area contributed by atoms with E-state index >= 15 is 0 Å². The predicted octanol–water partition coefficient (Wildman–Crippen LogP) is 6.88. The van der Waals surface area contributed by atoms with Gasteiger partial charge in [0.1, 0.15) is 0 Å². The van der Waals surface area contributed by atoms with Gasteiger partial charge in [-0.3, -0.25) is 14.7 Å². The summed E-state index contributed by atoms with van der Waals surface area (Å²) in [4.78, 5) is 21.7. The summed E-state index contributed by atoms with van der Waals surface area (Å²) in [7, 11) is 0. The Kier molecular flexibility index (Phi) is 7.28. The van der Waals surface area contributed by atoms with Crippen LogP contribution in [-0.2, 0) is 4.79 Å². The van der Waals surface area contributed by atoms with Gasteiger partial charge in [0, 0.05) is 24.2 Å². The van der Waals surface area contributed by atoms with Crippen LogP contribution in [0.5, 0.6) is 0 Å². The summed E-state index contributed by atoms with van der Waals surface area (Å²) >= 11 is 0. The van der Waals surface area contributed by atoms with Crippen molar-refractivity contribution in [2.75, 3.05) is 13.1 Å². The number of pyridine rings is 1. The largest absolute Gasteiger partial charge is 0.347 e. The molecule has 4 heteroatoms. The first-order valence-corrected chi connectivity index (χ1v) is 14.7. The lowest BCUT2D eigenvalue weighted by molar-refractivity contribution is -0.126. The number of carbonyl (C=O) groups is 1. The lowest BCUT2D eigenvalue weighted by Crippen LogP contribution is -2.58. The smallest absolute Gasteiger partial charge is 0.228 e. The summed E-state index contributed by atoms with van der Waals surface area (Å²) in [5.74, 6) is 2.08. The maximum absolute atomic E-state index is 14.4. The van der Waals surface area contributed by atoms with Gasteiger partial charge >= 0.3 is 0 Å². The number of rotatable bonds is 7. The van der Waals surface area contributed by atoms with Crippen LogP contribution in [0.3, 0.4) is 0 Å². The average molecular weight is 496 g/mol. The maximum Gasteiger partial charge on any atom is 0.228 e. The van der Waals surface area contributed by atoms with Crippen molar-refractivity contribution in [2.45, 2.75) is 76.3 Å². The van der Waals surface area contributed by atoms with Crippen molar-refractivity contribution < 1.29 is 4.79 Å². The number of amides is 1. The van der Waals surface area contributed by atoms with E-state index in [1.165, 1.54) is 55.0 Å². The highest BCUT2D eigenvalue weighted by Gasteiger charge is 2.44. The molecule has 4 heterocycles. The Hall–Kier alpha value is -2.72. The molecule has 37 heavy (non-hydrogen) atoms. The van der Waals surface area contributed by atoms with Crippen LogP contribution in [0.2, 0.25) is 0 Å². The molecule has 1 N–H and O–H groups in total. The quantitative estimate of drug-likeness (QED) is 0.389. The Morgan fingerprint density at radius 3 is 2.54 bits per heavy atom. The fourth-order valence-corrected chi connectivity index (χ4v) is 7.77. The minimum absolute atomic E-state index is 0.0317. The van der Waals surface area contributed by atoms with Gasteiger partial charge in [-0.1, -0.05) is 81.1 Å². The summed E-state index contributed by atoms with van der Waals surface area (Å²) in [5.41, 5.74) is 3.40. The zero-order chi connectivity index (χ0) is 25.2. The lowest BCUT2D eigenvalue weighted by Gasteiger charge is -2.52. The van der Waals surface area contributed by atoms with Gasteiger partial charge in [-0.2, -0.15) is 0 Å². The van der Waals surface area contributed by atoms with E-state index in [4.69, 9.17) is 0 Å². The van der Waals surface area contributed by atoms with E-state index in [0.29, 0.717) is 12.0 Å². The standard InChI is InChI=1S/C33H41N3O/c1-2-23-22-36-20-18-26(23)21-30(36)32(28-17-19-34-29-16-10-9-15-27(28)29)35-33(37)31(24-11-5-3-6-12-24)25-13-7-4-8-14-25/h3,5-6,9-12,15-17,19,23,25-26,30-32H,2,4,7-8,13-14,18,20-22H2,1H3,(H,35,37)/t23-,26-,30+,31?,32+/m0/s1. The van der Waals surface area contributed by atoms with E-state index in [1.54, 1.807) is 0 Å². The summed E-state index contributed by atoms with van der Waals surface area (Å²) in [6.07, 6.45) is 11.7. The van der Waals surface area contributed by atoms with E-state index in [-0.39, 0.29) is 17.9 Å². The summed E-state index contributed by atoms with van der Waals surface area (Å²) in [6, 6.07) is 21.4. The predicted molar refractivity (Wildman–Crippen MR) is 150 cm³/mol. The Labute approximate surface area is 221 Å². The molecule has 194 valence electrons. The van der Waals surface area contributed by atoms with Gasteiger partial charge in [0.2, 0.25) is 5.91 Å². The molecule has 3 aliphatic heterocycles. The molecule has 1 aliphatic carbocycles. The van der Waals surface area contributed by atoms with Gasteiger partial charge in [-0.15, -0.1) is 0 Å².